The number of aromatic hydroxyl groups is 3. The highest BCUT2D eigenvalue weighted by Gasteiger charge is 2.17. The summed E-state index contributed by atoms with van der Waals surface area (Å²) in [7, 11) is 0. The Hall–Kier alpha value is -2.16. The van der Waals surface area contributed by atoms with Crippen LogP contribution in [0.3, 0.4) is 0 Å². The monoisotopic (exact) mass is 258 g/mol. The van der Waals surface area contributed by atoms with Crippen LogP contribution < -0.4 is 0 Å². The van der Waals surface area contributed by atoms with E-state index in [1.165, 1.54) is 6.07 Å². The standard InChI is InChI=1S/C16H18O3/c1-3-10-9-14(18)15(16(19)13(10)4-2)11-6-5-7-12(17)8-11/h5-9,17-19H,3-4H2,1-2H3. The van der Waals surface area contributed by atoms with E-state index in [1.807, 2.05) is 13.8 Å². The molecule has 100 valence electrons. The maximum atomic E-state index is 10.4. The number of benzene rings is 2. The fraction of sp³-hybridized carbons (Fsp3) is 0.250. The molecule has 3 nitrogen and oxygen atoms in total. The molecule has 0 aliphatic heterocycles. The first kappa shape index (κ1) is 13.3. The second-order valence-corrected chi connectivity index (χ2v) is 4.51. The third-order valence-electron chi connectivity index (χ3n) is 3.35. The molecular weight excluding hydrogens is 240 g/mol. The number of phenols is 3. The van der Waals surface area contributed by atoms with Crippen LogP contribution in [0, 0.1) is 0 Å². The lowest BCUT2D eigenvalue weighted by atomic mass is 9.94. The van der Waals surface area contributed by atoms with Gasteiger partial charge in [-0.2, -0.15) is 0 Å². The number of hydrogen-bond acceptors (Lipinski definition) is 3. The summed E-state index contributed by atoms with van der Waals surface area (Å²) in [5.74, 6) is 0.246. The van der Waals surface area contributed by atoms with Crippen LogP contribution in [-0.2, 0) is 12.8 Å². The van der Waals surface area contributed by atoms with E-state index in [1.54, 1.807) is 24.3 Å². The van der Waals surface area contributed by atoms with Gasteiger partial charge < -0.3 is 15.3 Å². The van der Waals surface area contributed by atoms with Gasteiger partial charge in [0.05, 0.1) is 5.56 Å². The van der Waals surface area contributed by atoms with Gasteiger partial charge in [0, 0.05) is 0 Å². The molecule has 0 saturated carbocycles. The highest BCUT2D eigenvalue weighted by molar-refractivity contribution is 5.79. The van der Waals surface area contributed by atoms with Gasteiger partial charge in [-0.05, 0) is 47.7 Å². The Morgan fingerprint density at radius 2 is 1.68 bits per heavy atom. The van der Waals surface area contributed by atoms with Crippen molar-refractivity contribution in [2.75, 3.05) is 0 Å². The minimum atomic E-state index is 0.0390. The first-order chi connectivity index (χ1) is 9.08. The van der Waals surface area contributed by atoms with Crippen LogP contribution in [0.4, 0.5) is 0 Å². The van der Waals surface area contributed by atoms with E-state index in [0.717, 1.165) is 17.5 Å². The van der Waals surface area contributed by atoms with Gasteiger partial charge in [-0.25, -0.2) is 0 Å². The molecule has 0 fully saturated rings. The molecule has 0 spiro atoms. The van der Waals surface area contributed by atoms with Gasteiger partial charge >= 0.3 is 0 Å². The zero-order chi connectivity index (χ0) is 14.0. The van der Waals surface area contributed by atoms with Crippen LogP contribution in [0.25, 0.3) is 11.1 Å². The third-order valence-corrected chi connectivity index (χ3v) is 3.35. The molecule has 0 aliphatic rings. The average molecular weight is 258 g/mol. The van der Waals surface area contributed by atoms with Crippen molar-refractivity contribution < 1.29 is 15.3 Å². The fourth-order valence-corrected chi connectivity index (χ4v) is 2.40. The highest BCUT2D eigenvalue weighted by atomic mass is 16.3. The Morgan fingerprint density at radius 1 is 0.947 bits per heavy atom. The van der Waals surface area contributed by atoms with Crippen molar-refractivity contribution in [2.24, 2.45) is 0 Å². The molecule has 0 atom stereocenters. The molecule has 0 radical (unpaired) electrons. The van der Waals surface area contributed by atoms with Crippen molar-refractivity contribution in [3.05, 3.63) is 41.5 Å². The molecule has 0 amide bonds. The highest BCUT2D eigenvalue weighted by Crippen LogP contribution is 2.42. The second-order valence-electron chi connectivity index (χ2n) is 4.51. The Labute approximate surface area is 112 Å². The van der Waals surface area contributed by atoms with E-state index < -0.39 is 0 Å². The van der Waals surface area contributed by atoms with Crippen LogP contribution in [0.1, 0.15) is 25.0 Å². The van der Waals surface area contributed by atoms with Crippen molar-refractivity contribution in [3.8, 4) is 28.4 Å². The fourth-order valence-electron chi connectivity index (χ4n) is 2.40. The molecule has 2 aromatic rings. The Bertz CT molecular complexity index is 603. The molecule has 0 heterocycles. The van der Waals surface area contributed by atoms with Gasteiger partial charge in [0.2, 0.25) is 0 Å². The molecule has 0 aromatic heterocycles. The first-order valence-electron chi connectivity index (χ1n) is 6.44. The maximum Gasteiger partial charge on any atom is 0.130 e. The van der Waals surface area contributed by atoms with Gasteiger partial charge in [0.25, 0.3) is 0 Å². The predicted molar refractivity (Wildman–Crippen MR) is 75.6 cm³/mol. The van der Waals surface area contributed by atoms with Gasteiger partial charge in [-0.1, -0.05) is 26.0 Å². The number of phenolic OH excluding ortho intramolecular Hbond substituents is 3. The molecule has 2 aromatic carbocycles. The van der Waals surface area contributed by atoms with Crippen molar-refractivity contribution >= 4 is 0 Å². The summed E-state index contributed by atoms with van der Waals surface area (Å²) in [6.07, 6.45) is 1.45. The Balaban J connectivity index is 2.70. The molecule has 0 bridgehead atoms. The Kier molecular flexibility index (Phi) is 3.65. The van der Waals surface area contributed by atoms with Crippen molar-refractivity contribution in [1.82, 2.24) is 0 Å². The van der Waals surface area contributed by atoms with E-state index in [-0.39, 0.29) is 17.2 Å². The lowest BCUT2D eigenvalue weighted by Gasteiger charge is -2.15. The predicted octanol–water partition coefficient (Wildman–Crippen LogP) is 3.60. The molecular formula is C16H18O3. The first-order valence-corrected chi connectivity index (χ1v) is 6.44. The molecule has 0 unspecified atom stereocenters. The van der Waals surface area contributed by atoms with Crippen LogP contribution in [0.2, 0.25) is 0 Å². The van der Waals surface area contributed by atoms with Crippen LogP contribution >= 0.6 is 0 Å². The molecule has 0 aliphatic carbocycles. The van der Waals surface area contributed by atoms with Gasteiger partial charge in [-0.3, -0.25) is 0 Å². The maximum absolute atomic E-state index is 10.4. The van der Waals surface area contributed by atoms with E-state index >= 15 is 0 Å². The summed E-state index contributed by atoms with van der Waals surface area (Å²) in [4.78, 5) is 0. The summed E-state index contributed by atoms with van der Waals surface area (Å²) in [6, 6.07) is 8.21. The zero-order valence-electron chi connectivity index (χ0n) is 11.1. The normalized spacial score (nSPS) is 10.6. The number of aryl methyl sites for hydroxylation is 1. The van der Waals surface area contributed by atoms with E-state index in [9.17, 15) is 15.3 Å². The third kappa shape index (κ3) is 2.36. The second kappa shape index (κ2) is 5.22. The Morgan fingerprint density at radius 3 is 2.26 bits per heavy atom. The number of hydrogen-bond donors (Lipinski definition) is 3. The summed E-state index contributed by atoms with van der Waals surface area (Å²) < 4.78 is 0. The van der Waals surface area contributed by atoms with Crippen molar-refractivity contribution in [2.45, 2.75) is 26.7 Å². The van der Waals surface area contributed by atoms with Gasteiger partial charge in [0.1, 0.15) is 17.2 Å². The zero-order valence-corrected chi connectivity index (χ0v) is 11.1. The largest absolute Gasteiger partial charge is 0.508 e. The summed E-state index contributed by atoms with van der Waals surface area (Å²) in [5.41, 5.74) is 2.78. The van der Waals surface area contributed by atoms with Gasteiger partial charge in [0.15, 0.2) is 0 Å². The molecule has 19 heavy (non-hydrogen) atoms. The van der Waals surface area contributed by atoms with Crippen molar-refractivity contribution in [1.29, 1.82) is 0 Å². The minimum absolute atomic E-state index is 0.0390. The molecule has 2 rings (SSSR count). The van der Waals surface area contributed by atoms with E-state index in [0.29, 0.717) is 17.5 Å². The lowest BCUT2D eigenvalue weighted by molar-refractivity contribution is 0.448. The van der Waals surface area contributed by atoms with E-state index in [4.69, 9.17) is 0 Å². The molecule has 3 N–H and O–H groups in total. The van der Waals surface area contributed by atoms with Gasteiger partial charge in [-0.15, -0.1) is 0 Å². The SMILES string of the molecule is CCc1cc(O)c(-c2cccc(O)c2)c(O)c1CC. The van der Waals surface area contributed by atoms with E-state index in [2.05, 4.69) is 0 Å². The van der Waals surface area contributed by atoms with Crippen LogP contribution in [0.5, 0.6) is 17.2 Å². The summed E-state index contributed by atoms with van der Waals surface area (Å²) in [5, 5.41) is 30.0. The van der Waals surface area contributed by atoms with Crippen LogP contribution in [-0.4, -0.2) is 15.3 Å². The van der Waals surface area contributed by atoms with Crippen LogP contribution in [0.15, 0.2) is 30.3 Å². The lowest BCUT2D eigenvalue weighted by Crippen LogP contribution is -1.94. The summed E-state index contributed by atoms with van der Waals surface area (Å²) >= 11 is 0. The molecule has 0 saturated heterocycles. The van der Waals surface area contributed by atoms with Crippen molar-refractivity contribution in [3.63, 3.8) is 0 Å². The smallest absolute Gasteiger partial charge is 0.130 e. The average Bonchev–Trinajstić information content (AvgIpc) is 2.38. The quantitative estimate of drug-likeness (QED) is 0.788. The topological polar surface area (TPSA) is 60.7 Å². The number of rotatable bonds is 3. The summed E-state index contributed by atoms with van der Waals surface area (Å²) in [6.45, 7) is 3.96. The molecule has 3 heteroatoms. The minimum Gasteiger partial charge on any atom is -0.508 e.